The van der Waals surface area contributed by atoms with Crippen LogP contribution in [-0.4, -0.2) is 58.5 Å². The van der Waals surface area contributed by atoms with E-state index in [0.29, 0.717) is 12.3 Å². The van der Waals surface area contributed by atoms with Crippen LogP contribution >= 0.6 is 11.3 Å². The van der Waals surface area contributed by atoms with Gasteiger partial charge in [-0.05, 0) is 60.8 Å². The summed E-state index contributed by atoms with van der Waals surface area (Å²) in [6, 6.07) is 12.6. The van der Waals surface area contributed by atoms with Gasteiger partial charge in [0.05, 0.1) is 5.51 Å². The number of piperidine rings is 1. The van der Waals surface area contributed by atoms with Crippen molar-refractivity contribution in [3.63, 3.8) is 0 Å². The molecule has 0 atom stereocenters. The van der Waals surface area contributed by atoms with Crippen LogP contribution in [-0.2, 0) is 13.0 Å². The molecule has 0 bridgehead atoms. The molecule has 7 heteroatoms. The number of amides is 1. The van der Waals surface area contributed by atoms with Crippen LogP contribution < -0.4 is 4.74 Å². The monoisotopic (exact) mass is 490 g/mol. The first-order valence-corrected chi connectivity index (χ1v) is 13.6. The second-order valence-electron chi connectivity index (χ2n) is 9.90. The van der Waals surface area contributed by atoms with Gasteiger partial charge >= 0.3 is 0 Å². The van der Waals surface area contributed by atoms with E-state index in [1.54, 1.807) is 5.51 Å². The van der Waals surface area contributed by atoms with Crippen molar-refractivity contribution in [3.8, 4) is 5.75 Å². The van der Waals surface area contributed by atoms with Crippen molar-refractivity contribution in [1.29, 1.82) is 0 Å². The molecule has 1 spiro atoms. The van der Waals surface area contributed by atoms with Gasteiger partial charge in [0, 0.05) is 50.5 Å². The molecule has 2 aliphatic heterocycles. The topological polar surface area (TPSA) is 58.6 Å². The summed E-state index contributed by atoms with van der Waals surface area (Å²) in [6.07, 6.45) is 10.5. The van der Waals surface area contributed by atoms with E-state index in [-0.39, 0.29) is 11.3 Å². The number of carbonyl (C=O) groups excluding carboxylic acids is 1. The Balaban J connectivity index is 1.33. The molecule has 4 heterocycles. The Hall–Kier alpha value is -2.77. The molecule has 2 aliphatic rings. The molecular formula is C28H34N4O2S. The average molecular weight is 491 g/mol. The molecule has 1 amide bonds. The van der Waals surface area contributed by atoms with Crippen LogP contribution in [0.2, 0.25) is 0 Å². The lowest BCUT2D eigenvalue weighted by Gasteiger charge is -2.45. The quantitative estimate of drug-likeness (QED) is 0.513. The second kappa shape index (κ2) is 11.3. The zero-order chi connectivity index (χ0) is 23.9. The predicted molar refractivity (Wildman–Crippen MR) is 139 cm³/mol. The maximum Gasteiger partial charge on any atom is 0.273 e. The molecule has 1 aromatic carbocycles. The Morgan fingerprint density at radius 1 is 1.06 bits per heavy atom. The summed E-state index contributed by atoms with van der Waals surface area (Å²) >= 11 is 1.48. The molecule has 184 valence electrons. The lowest BCUT2D eigenvalue weighted by atomic mass is 9.73. The predicted octanol–water partition coefficient (Wildman–Crippen LogP) is 5.07. The number of nitrogens with zero attached hydrogens (tertiary/aromatic N) is 4. The molecule has 1 saturated heterocycles. The van der Waals surface area contributed by atoms with E-state index >= 15 is 0 Å². The lowest BCUT2D eigenvalue weighted by molar-refractivity contribution is 0.0358. The molecule has 1 fully saturated rings. The largest absolute Gasteiger partial charge is 0.492 e. The van der Waals surface area contributed by atoms with Gasteiger partial charge in [-0.1, -0.05) is 30.7 Å². The summed E-state index contributed by atoms with van der Waals surface area (Å²) in [5.41, 5.74) is 5.07. The Kier molecular flexibility index (Phi) is 7.74. The van der Waals surface area contributed by atoms with Gasteiger partial charge in [0.2, 0.25) is 0 Å². The Morgan fingerprint density at radius 3 is 2.74 bits per heavy atom. The highest BCUT2D eigenvalue weighted by Gasteiger charge is 2.37. The number of fused-ring (bicyclic) bond motifs is 1. The van der Waals surface area contributed by atoms with Crippen LogP contribution in [0.1, 0.15) is 53.7 Å². The van der Waals surface area contributed by atoms with Crippen LogP contribution in [0.25, 0.3) is 0 Å². The van der Waals surface area contributed by atoms with Gasteiger partial charge in [-0.25, -0.2) is 4.98 Å². The van der Waals surface area contributed by atoms with Gasteiger partial charge in [0.15, 0.2) is 0 Å². The van der Waals surface area contributed by atoms with Crippen LogP contribution in [0.4, 0.5) is 0 Å². The second-order valence-corrected chi connectivity index (χ2v) is 10.6. The molecule has 3 aromatic rings. The minimum atomic E-state index is 0.0754. The molecule has 5 rings (SSSR count). The molecule has 0 N–H and O–H groups in total. The number of rotatable bonds is 3. The van der Waals surface area contributed by atoms with Crippen LogP contribution in [0.5, 0.6) is 5.75 Å². The highest BCUT2D eigenvalue weighted by Crippen LogP contribution is 2.39. The van der Waals surface area contributed by atoms with Gasteiger partial charge in [-0.15, -0.1) is 11.3 Å². The lowest BCUT2D eigenvalue weighted by Crippen LogP contribution is -2.48. The number of likely N-dealkylation sites (tertiary alicyclic amines) is 1. The molecule has 0 unspecified atom stereocenters. The van der Waals surface area contributed by atoms with Crippen molar-refractivity contribution in [3.05, 3.63) is 76.5 Å². The standard InChI is InChI=1S/C28H34N4O2S/c33-27(25-20-35-22-30-25)32-14-11-28(12-15-32)10-4-3-8-24-7-1-2-9-26(24)34-17-16-31(21-28)19-23-6-5-13-29-18-23/h1-2,5-7,9,13,18,20,22H,3-4,8,10-12,14-17,19,21H2. The summed E-state index contributed by atoms with van der Waals surface area (Å²) in [4.78, 5) is 26.0. The third-order valence-electron chi connectivity index (χ3n) is 7.49. The van der Waals surface area contributed by atoms with Gasteiger partial charge in [0.25, 0.3) is 5.91 Å². The summed E-state index contributed by atoms with van der Waals surface area (Å²) < 4.78 is 6.28. The van der Waals surface area contributed by atoms with E-state index in [2.05, 4.69) is 45.2 Å². The molecule has 0 aliphatic carbocycles. The van der Waals surface area contributed by atoms with Crippen molar-refractivity contribution >= 4 is 17.2 Å². The Bertz CT molecular complexity index is 1080. The molecule has 0 saturated carbocycles. The number of hydrogen-bond acceptors (Lipinski definition) is 6. The fourth-order valence-electron chi connectivity index (χ4n) is 5.54. The van der Waals surface area contributed by atoms with Crippen LogP contribution in [0.3, 0.4) is 0 Å². The molecule has 0 radical (unpaired) electrons. The maximum absolute atomic E-state index is 12.9. The van der Waals surface area contributed by atoms with E-state index in [0.717, 1.165) is 64.2 Å². The van der Waals surface area contributed by atoms with E-state index in [1.807, 2.05) is 28.7 Å². The van der Waals surface area contributed by atoms with E-state index in [4.69, 9.17) is 4.74 Å². The smallest absolute Gasteiger partial charge is 0.273 e. The summed E-state index contributed by atoms with van der Waals surface area (Å²) in [5.74, 6) is 1.10. The van der Waals surface area contributed by atoms with Crippen LogP contribution in [0.15, 0.2) is 59.7 Å². The van der Waals surface area contributed by atoms with E-state index < -0.39 is 0 Å². The number of ether oxygens (including phenoxy) is 1. The van der Waals surface area contributed by atoms with E-state index in [1.165, 1.54) is 35.3 Å². The first kappa shape index (κ1) is 23.9. The van der Waals surface area contributed by atoms with Crippen LogP contribution in [0, 0.1) is 5.41 Å². The first-order chi connectivity index (χ1) is 17.2. The van der Waals surface area contributed by atoms with Crippen molar-refractivity contribution < 1.29 is 9.53 Å². The third kappa shape index (κ3) is 6.08. The summed E-state index contributed by atoms with van der Waals surface area (Å²) in [5, 5.41) is 1.86. The number of para-hydroxylation sites is 1. The average Bonchev–Trinajstić information content (AvgIpc) is 3.43. The first-order valence-electron chi connectivity index (χ1n) is 12.7. The number of aryl methyl sites for hydroxylation is 1. The van der Waals surface area contributed by atoms with Gasteiger partial charge in [0.1, 0.15) is 18.1 Å². The van der Waals surface area contributed by atoms with E-state index in [9.17, 15) is 4.79 Å². The number of aromatic nitrogens is 2. The number of hydrogen-bond donors (Lipinski definition) is 0. The summed E-state index contributed by atoms with van der Waals surface area (Å²) in [7, 11) is 0. The number of pyridine rings is 1. The number of benzene rings is 1. The third-order valence-corrected chi connectivity index (χ3v) is 8.08. The highest BCUT2D eigenvalue weighted by atomic mass is 32.1. The minimum absolute atomic E-state index is 0.0754. The van der Waals surface area contributed by atoms with Gasteiger partial charge in [-0.2, -0.15) is 0 Å². The SMILES string of the molecule is O=C(c1cscn1)N1CCC2(CCCCc3ccccc3OCCN(Cc3cccnc3)C2)CC1. The minimum Gasteiger partial charge on any atom is -0.492 e. The molecule has 6 nitrogen and oxygen atoms in total. The highest BCUT2D eigenvalue weighted by molar-refractivity contribution is 7.07. The maximum atomic E-state index is 12.9. The molecule has 35 heavy (non-hydrogen) atoms. The summed E-state index contributed by atoms with van der Waals surface area (Å²) in [6.45, 7) is 5.02. The van der Waals surface area contributed by atoms with Crippen molar-refractivity contribution in [2.75, 3.05) is 32.8 Å². The molecule has 2 aromatic heterocycles. The Labute approximate surface area is 212 Å². The van der Waals surface area contributed by atoms with Crippen molar-refractivity contribution in [2.24, 2.45) is 5.41 Å². The number of carbonyl (C=O) groups is 1. The normalized spacial score (nSPS) is 19.3. The van der Waals surface area contributed by atoms with Crippen molar-refractivity contribution in [1.82, 2.24) is 19.8 Å². The zero-order valence-electron chi connectivity index (χ0n) is 20.3. The zero-order valence-corrected chi connectivity index (χ0v) is 21.1. The van der Waals surface area contributed by atoms with Gasteiger partial charge in [-0.3, -0.25) is 14.7 Å². The number of thiazole rings is 1. The molecular weight excluding hydrogens is 456 g/mol. The fourth-order valence-corrected chi connectivity index (χ4v) is 6.07. The van der Waals surface area contributed by atoms with Gasteiger partial charge < -0.3 is 9.64 Å². The van der Waals surface area contributed by atoms with Crippen molar-refractivity contribution in [2.45, 2.75) is 45.1 Å². The fraction of sp³-hybridized carbons (Fsp3) is 0.464. The Morgan fingerprint density at radius 2 is 1.94 bits per heavy atom.